The highest BCUT2D eigenvalue weighted by molar-refractivity contribution is 6.30. The average molecular weight is 252 g/mol. The van der Waals surface area contributed by atoms with E-state index in [9.17, 15) is 4.39 Å². The first kappa shape index (κ1) is 12.0. The third-order valence-corrected chi connectivity index (χ3v) is 2.60. The minimum absolute atomic E-state index is 0.316. The van der Waals surface area contributed by atoms with Gasteiger partial charge in [-0.2, -0.15) is 0 Å². The number of halogens is 2. The number of nitrogens with two attached hydrogens (primary N) is 1. The zero-order valence-corrected chi connectivity index (χ0v) is 9.73. The van der Waals surface area contributed by atoms with Crippen LogP contribution < -0.4 is 5.73 Å². The molecule has 1 unspecified atom stereocenters. The predicted molar refractivity (Wildman–Crippen MR) is 64.1 cm³/mol. The molecule has 3 nitrogen and oxygen atoms in total. The fourth-order valence-electron chi connectivity index (χ4n) is 1.53. The van der Waals surface area contributed by atoms with Gasteiger partial charge in [0.1, 0.15) is 11.6 Å². The molecule has 1 atom stereocenters. The Morgan fingerprint density at radius 3 is 2.71 bits per heavy atom. The predicted octanol–water partition coefficient (Wildman–Crippen LogP) is 2.51. The van der Waals surface area contributed by atoms with Crippen molar-refractivity contribution in [2.24, 2.45) is 5.73 Å². The van der Waals surface area contributed by atoms with E-state index in [2.05, 4.69) is 9.97 Å². The third-order valence-electron chi connectivity index (χ3n) is 2.36. The Morgan fingerprint density at radius 2 is 2.00 bits per heavy atom. The average Bonchev–Trinajstić information content (AvgIpc) is 2.35. The highest BCUT2D eigenvalue weighted by Crippen LogP contribution is 2.19. The third kappa shape index (κ3) is 2.99. The van der Waals surface area contributed by atoms with Gasteiger partial charge in [-0.1, -0.05) is 11.6 Å². The molecule has 0 saturated carbocycles. The molecule has 1 heterocycles. The maximum absolute atomic E-state index is 13.5. The normalized spacial score (nSPS) is 12.4. The summed E-state index contributed by atoms with van der Waals surface area (Å²) in [5.74, 6) is 0.174. The molecule has 2 rings (SSSR count). The second-order valence-electron chi connectivity index (χ2n) is 3.65. The number of benzene rings is 1. The van der Waals surface area contributed by atoms with Crippen LogP contribution in [-0.4, -0.2) is 9.97 Å². The highest BCUT2D eigenvalue weighted by Gasteiger charge is 2.12. The molecule has 0 radical (unpaired) electrons. The van der Waals surface area contributed by atoms with Crippen LogP contribution >= 0.6 is 11.6 Å². The molecule has 5 heteroatoms. The lowest BCUT2D eigenvalue weighted by molar-refractivity contribution is 0.584. The molecular formula is C12H11ClFN3. The Balaban J connectivity index is 2.18. The summed E-state index contributed by atoms with van der Waals surface area (Å²) < 4.78 is 13.5. The van der Waals surface area contributed by atoms with Gasteiger partial charge in [0.15, 0.2) is 0 Å². The van der Waals surface area contributed by atoms with Crippen molar-refractivity contribution in [2.75, 3.05) is 0 Å². The first-order chi connectivity index (χ1) is 8.16. The van der Waals surface area contributed by atoms with Crippen LogP contribution in [-0.2, 0) is 6.42 Å². The molecule has 0 aliphatic carbocycles. The molecule has 0 spiro atoms. The minimum Gasteiger partial charge on any atom is -0.321 e. The summed E-state index contributed by atoms with van der Waals surface area (Å²) >= 11 is 5.81. The summed E-state index contributed by atoms with van der Waals surface area (Å²) in [6, 6.07) is 5.67. The fourth-order valence-corrected chi connectivity index (χ4v) is 1.72. The van der Waals surface area contributed by atoms with Gasteiger partial charge in [-0.3, -0.25) is 0 Å². The smallest absolute Gasteiger partial charge is 0.145 e. The summed E-state index contributed by atoms with van der Waals surface area (Å²) in [7, 11) is 0. The van der Waals surface area contributed by atoms with Crippen molar-refractivity contribution >= 4 is 11.6 Å². The quantitative estimate of drug-likeness (QED) is 0.912. The first-order valence-corrected chi connectivity index (χ1v) is 5.51. The van der Waals surface area contributed by atoms with Crippen LogP contribution in [0.25, 0.3) is 0 Å². The zero-order chi connectivity index (χ0) is 12.3. The molecule has 0 fully saturated rings. The van der Waals surface area contributed by atoms with Crippen molar-refractivity contribution in [3.05, 3.63) is 58.9 Å². The molecule has 0 amide bonds. The van der Waals surface area contributed by atoms with Crippen LogP contribution in [0.4, 0.5) is 4.39 Å². The Labute approximate surface area is 103 Å². The lowest BCUT2D eigenvalue weighted by atomic mass is 10.1. The Kier molecular flexibility index (Phi) is 3.66. The van der Waals surface area contributed by atoms with Crippen LogP contribution in [0.1, 0.15) is 17.4 Å². The van der Waals surface area contributed by atoms with E-state index in [0.717, 1.165) is 0 Å². The van der Waals surface area contributed by atoms with E-state index in [1.54, 1.807) is 24.5 Å². The van der Waals surface area contributed by atoms with Crippen molar-refractivity contribution < 1.29 is 4.39 Å². The highest BCUT2D eigenvalue weighted by atomic mass is 35.5. The van der Waals surface area contributed by atoms with Crippen LogP contribution in [0.5, 0.6) is 0 Å². The Bertz CT molecular complexity index is 504. The van der Waals surface area contributed by atoms with Gasteiger partial charge in [0.05, 0.1) is 6.04 Å². The Hall–Kier alpha value is -1.52. The van der Waals surface area contributed by atoms with E-state index >= 15 is 0 Å². The molecule has 0 bridgehead atoms. The second kappa shape index (κ2) is 5.21. The molecule has 1 aromatic carbocycles. The number of rotatable bonds is 3. The molecule has 17 heavy (non-hydrogen) atoms. The number of hydrogen-bond acceptors (Lipinski definition) is 3. The summed E-state index contributed by atoms with van der Waals surface area (Å²) in [6.07, 6.45) is 3.53. The van der Waals surface area contributed by atoms with E-state index in [1.807, 2.05) is 0 Å². The van der Waals surface area contributed by atoms with Crippen molar-refractivity contribution in [1.82, 2.24) is 9.97 Å². The van der Waals surface area contributed by atoms with Crippen molar-refractivity contribution in [3.63, 3.8) is 0 Å². The van der Waals surface area contributed by atoms with Gasteiger partial charge in [0, 0.05) is 17.4 Å². The first-order valence-electron chi connectivity index (χ1n) is 5.13. The van der Waals surface area contributed by atoms with Gasteiger partial charge < -0.3 is 5.73 Å². The van der Waals surface area contributed by atoms with Crippen LogP contribution in [0.15, 0.2) is 36.7 Å². The van der Waals surface area contributed by atoms with E-state index < -0.39 is 6.04 Å². The molecule has 0 aliphatic heterocycles. The molecule has 88 valence electrons. The minimum atomic E-state index is -0.441. The van der Waals surface area contributed by atoms with Crippen molar-refractivity contribution in [3.8, 4) is 0 Å². The summed E-state index contributed by atoms with van der Waals surface area (Å²) in [6.45, 7) is 0. The van der Waals surface area contributed by atoms with Crippen LogP contribution in [0, 0.1) is 5.82 Å². The molecule has 2 N–H and O–H groups in total. The second-order valence-corrected chi connectivity index (χ2v) is 4.09. The molecule has 0 aliphatic rings. The largest absolute Gasteiger partial charge is 0.321 e. The van der Waals surface area contributed by atoms with Crippen LogP contribution in [0.2, 0.25) is 5.02 Å². The Morgan fingerprint density at radius 1 is 1.29 bits per heavy atom. The van der Waals surface area contributed by atoms with Gasteiger partial charge >= 0.3 is 0 Å². The van der Waals surface area contributed by atoms with E-state index in [0.29, 0.717) is 22.8 Å². The topological polar surface area (TPSA) is 51.8 Å². The van der Waals surface area contributed by atoms with E-state index in [1.165, 1.54) is 12.1 Å². The van der Waals surface area contributed by atoms with Gasteiger partial charge in [-0.05, 0) is 36.2 Å². The summed E-state index contributed by atoms with van der Waals surface area (Å²) in [5.41, 5.74) is 6.38. The van der Waals surface area contributed by atoms with Gasteiger partial charge in [0.25, 0.3) is 0 Å². The summed E-state index contributed by atoms with van der Waals surface area (Å²) in [4.78, 5) is 8.07. The SMILES string of the molecule is NC(Cc1cc(Cl)ccc1F)c1ncccn1. The summed E-state index contributed by atoms with van der Waals surface area (Å²) in [5, 5.41) is 0.489. The molecule has 2 aromatic rings. The van der Waals surface area contributed by atoms with E-state index in [4.69, 9.17) is 17.3 Å². The maximum Gasteiger partial charge on any atom is 0.145 e. The molecular weight excluding hydrogens is 241 g/mol. The monoisotopic (exact) mass is 251 g/mol. The lowest BCUT2D eigenvalue weighted by Gasteiger charge is -2.10. The number of aromatic nitrogens is 2. The van der Waals surface area contributed by atoms with Gasteiger partial charge in [-0.25, -0.2) is 14.4 Å². The van der Waals surface area contributed by atoms with Crippen molar-refractivity contribution in [2.45, 2.75) is 12.5 Å². The number of nitrogens with zero attached hydrogens (tertiary/aromatic N) is 2. The number of hydrogen-bond donors (Lipinski definition) is 1. The van der Waals surface area contributed by atoms with Gasteiger partial charge in [0.2, 0.25) is 0 Å². The van der Waals surface area contributed by atoms with Gasteiger partial charge in [-0.15, -0.1) is 0 Å². The van der Waals surface area contributed by atoms with Crippen molar-refractivity contribution in [1.29, 1.82) is 0 Å². The van der Waals surface area contributed by atoms with E-state index in [-0.39, 0.29) is 5.82 Å². The molecule has 1 aromatic heterocycles. The maximum atomic E-state index is 13.5. The molecule has 0 saturated heterocycles. The van der Waals surface area contributed by atoms with Crippen LogP contribution in [0.3, 0.4) is 0 Å². The fraction of sp³-hybridized carbons (Fsp3) is 0.167. The lowest BCUT2D eigenvalue weighted by Crippen LogP contribution is -2.17. The standard InChI is InChI=1S/C12H11ClFN3/c13-9-2-3-10(14)8(6-9)7-11(15)12-16-4-1-5-17-12/h1-6,11H,7,15H2. The zero-order valence-electron chi connectivity index (χ0n) is 8.98.